The lowest BCUT2D eigenvalue weighted by Crippen LogP contribution is -2.30. The van der Waals surface area contributed by atoms with Gasteiger partial charge in [0.1, 0.15) is 5.82 Å². The number of nitrogens with zero attached hydrogens (tertiary/aromatic N) is 1. The number of amides is 1. The maximum atomic E-state index is 11.3. The Balaban J connectivity index is 2.45. The number of rotatable bonds is 5. The average Bonchev–Trinajstić information content (AvgIpc) is 2.25. The Bertz CT molecular complexity index is 371. The molecule has 88 valence electrons. The summed E-state index contributed by atoms with van der Waals surface area (Å²) in [5, 5.41) is 5.74. The van der Waals surface area contributed by atoms with Crippen LogP contribution in [0.15, 0.2) is 21.2 Å². The fraction of sp³-hybridized carbons (Fsp3) is 0.400. The first-order chi connectivity index (χ1) is 7.63. The molecule has 0 atom stereocenters. The van der Waals surface area contributed by atoms with Crippen LogP contribution in [-0.4, -0.2) is 24.0 Å². The van der Waals surface area contributed by atoms with Crippen molar-refractivity contribution in [2.75, 3.05) is 18.4 Å². The number of anilines is 1. The van der Waals surface area contributed by atoms with Crippen LogP contribution in [0.4, 0.5) is 5.82 Å². The second-order valence-electron chi connectivity index (χ2n) is 3.19. The van der Waals surface area contributed by atoms with Gasteiger partial charge in [0, 0.05) is 17.2 Å². The number of carbonyl (C=O) groups is 1. The molecular formula is C10H13Br2N3O. The largest absolute Gasteiger partial charge is 0.360 e. The van der Waals surface area contributed by atoms with Gasteiger partial charge in [-0.15, -0.1) is 0 Å². The van der Waals surface area contributed by atoms with E-state index in [9.17, 15) is 4.79 Å². The minimum Gasteiger partial charge on any atom is -0.360 e. The molecule has 0 unspecified atom stereocenters. The molecule has 16 heavy (non-hydrogen) atoms. The van der Waals surface area contributed by atoms with Crippen LogP contribution in [0, 0.1) is 0 Å². The maximum absolute atomic E-state index is 11.3. The molecule has 0 saturated carbocycles. The topological polar surface area (TPSA) is 54.0 Å². The third kappa shape index (κ3) is 4.49. The monoisotopic (exact) mass is 349 g/mol. The number of nitrogens with one attached hydrogen (secondary N) is 2. The molecule has 0 aliphatic rings. The summed E-state index contributed by atoms with van der Waals surface area (Å²) in [6, 6.07) is 1.87. The Morgan fingerprint density at radius 1 is 1.50 bits per heavy atom. The Labute approximate surface area is 111 Å². The van der Waals surface area contributed by atoms with Crippen molar-refractivity contribution in [2.45, 2.75) is 13.3 Å². The summed E-state index contributed by atoms with van der Waals surface area (Å²) < 4.78 is 1.71. The second-order valence-corrected chi connectivity index (χ2v) is 4.96. The summed E-state index contributed by atoms with van der Waals surface area (Å²) in [6.07, 6.45) is 2.61. The predicted molar refractivity (Wildman–Crippen MR) is 71.4 cm³/mol. The summed E-state index contributed by atoms with van der Waals surface area (Å²) in [6.45, 7) is 2.95. The minimum atomic E-state index is -0.0292. The van der Waals surface area contributed by atoms with Gasteiger partial charge in [-0.2, -0.15) is 0 Å². The minimum absolute atomic E-state index is 0.0292. The third-order valence-corrected chi connectivity index (χ3v) is 2.83. The molecule has 1 aromatic heterocycles. The predicted octanol–water partition coefficient (Wildman–Crippen LogP) is 2.54. The van der Waals surface area contributed by atoms with Crippen LogP contribution in [0.3, 0.4) is 0 Å². The molecule has 1 rings (SSSR count). The molecule has 0 bridgehead atoms. The highest BCUT2D eigenvalue weighted by Gasteiger charge is 2.04. The summed E-state index contributed by atoms with van der Waals surface area (Å²) >= 11 is 6.67. The molecule has 0 aliphatic carbocycles. The highest BCUT2D eigenvalue weighted by atomic mass is 79.9. The zero-order valence-electron chi connectivity index (χ0n) is 8.89. The number of hydrogen-bond acceptors (Lipinski definition) is 3. The van der Waals surface area contributed by atoms with Gasteiger partial charge >= 0.3 is 0 Å². The Kier molecular flexibility index (Phi) is 5.76. The molecular weight excluding hydrogens is 338 g/mol. The van der Waals surface area contributed by atoms with Crippen LogP contribution < -0.4 is 10.6 Å². The van der Waals surface area contributed by atoms with Crippen LogP contribution in [0.5, 0.6) is 0 Å². The normalized spacial score (nSPS) is 9.94. The lowest BCUT2D eigenvalue weighted by atomic mass is 10.4. The maximum Gasteiger partial charge on any atom is 0.239 e. The van der Waals surface area contributed by atoms with E-state index < -0.39 is 0 Å². The quantitative estimate of drug-likeness (QED) is 0.858. The third-order valence-electron chi connectivity index (χ3n) is 1.80. The van der Waals surface area contributed by atoms with E-state index in [2.05, 4.69) is 47.5 Å². The molecule has 6 heteroatoms. The van der Waals surface area contributed by atoms with Gasteiger partial charge in [-0.25, -0.2) is 4.98 Å². The van der Waals surface area contributed by atoms with Crippen molar-refractivity contribution in [3.63, 3.8) is 0 Å². The molecule has 0 aromatic carbocycles. The van der Waals surface area contributed by atoms with Gasteiger partial charge in [0.2, 0.25) is 5.91 Å². The van der Waals surface area contributed by atoms with Gasteiger partial charge in [0.15, 0.2) is 0 Å². The van der Waals surface area contributed by atoms with Crippen molar-refractivity contribution in [3.8, 4) is 0 Å². The van der Waals surface area contributed by atoms with E-state index in [4.69, 9.17) is 0 Å². The number of halogens is 2. The van der Waals surface area contributed by atoms with Gasteiger partial charge in [0.05, 0.1) is 11.0 Å². The Hall–Kier alpha value is -0.620. The van der Waals surface area contributed by atoms with E-state index in [0.29, 0.717) is 12.4 Å². The summed E-state index contributed by atoms with van der Waals surface area (Å²) in [5.74, 6) is 0.633. The lowest BCUT2D eigenvalue weighted by Gasteiger charge is -2.07. The summed E-state index contributed by atoms with van der Waals surface area (Å²) in [5.41, 5.74) is 0. The molecule has 0 spiro atoms. The molecule has 2 N–H and O–H groups in total. The van der Waals surface area contributed by atoms with Crippen LogP contribution in [0.2, 0.25) is 0 Å². The molecule has 4 nitrogen and oxygen atoms in total. The fourth-order valence-corrected chi connectivity index (χ4v) is 2.16. The first kappa shape index (κ1) is 13.4. The number of aromatic nitrogens is 1. The van der Waals surface area contributed by atoms with Crippen LogP contribution >= 0.6 is 31.9 Å². The highest BCUT2D eigenvalue weighted by Crippen LogP contribution is 2.22. The van der Waals surface area contributed by atoms with Crippen molar-refractivity contribution in [1.29, 1.82) is 0 Å². The van der Waals surface area contributed by atoms with Crippen molar-refractivity contribution >= 4 is 43.6 Å². The first-order valence-electron chi connectivity index (χ1n) is 4.95. The molecule has 0 aliphatic heterocycles. The van der Waals surface area contributed by atoms with E-state index in [0.717, 1.165) is 15.4 Å². The van der Waals surface area contributed by atoms with E-state index in [1.165, 1.54) is 0 Å². The van der Waals surface area contributed by atoms with Gasteiger partial charge in [-0.3, -0.25) is 4.79 Å². The van der Waals surface area contributed by atoms with Crippen molar-refractivity contribution in [1.82, 2.24) is 10.3 Å². The molecule has 0 saturated heterocycles. The van der Waals surface area contributed by atoms with E-state index in [1.54, 1.807) is 6.20 Å². The zero-order valence-corrected chi connectivity index (χ0v) is 12.1. The molecule has 1 aromatic rings. The fourth-order valence-electron chi connectivity index (χ4n) is 1.04. The molecule has 1 amide bonds. The molecule has 1 heterocycles. The smallest absolute Gasteiger partial charge is 0.239 e. The molecule has 0 radical (unpaired) electrons. The van der Waals surface area contributed by atoms with Crippen LogP contribution in [0.25, 0.3) is 0 Å². The summed E-state index contributed by atoms with van der Waals surface area (Å²) in [7, 11) is 0. The Morgan fingerprint density at radius 2 is 2.25 bits per heavy atom. The second kappa shape index (κ2) is 6.85. The molecule has 0 fully saturated rings. The Morgan fingerprint density at radius 3 is 2.88 bits per heavy atom. The number of hydrogen-bond donors (Lipinski definition) is 2. The van der Waals surface area contributed by atoms with Crippen LogP contribution in [0.1, 0.15) is 13.3 Å². The van der Waals surface area contributed by atoms with Gasteiger partial charge in [-0.1, -0.05) is 6.92 Å². The summed E-state index contributed by atoms with van der Waals surface area (Å²) in [4.78, 5) is 15.5. The number of pyridine rings is 1. The standard InChI is InChI=1S/C10H13Br2N3O/c1-2-3-13-9(16)6-15-10-8(12)4-7(11)5-14-10/h4-5H,2-3,6H2,1H3,(H,13,16)(H,14,15). The van der Waals surface area contributed by atoms with E-state index in [1.807, 2.05) is 13.0 Å². The van der Waals surface area contributed by atoms with Crippen molar-refractivity contribution in [3.05, 3.63) is 21.2 Å². The first-order valence-corrected chi connectivity index (χ1v) is 6.53. The lowest BCUT2D eigenvalue weighted by molar-refractivity contribution is -0.119. The van der Waals surface area contributed by atoms with Gasteiger partial charge in [-0.05, 0) is 44.3 Å². The highest BCUT2D eigenvalue weighted by molar-refractivity contribution is 9.11. The zero-order chi connectivity index (χ0) is 12.0. The average molecular weight is 351 g/mol. The number of carbonyl (C=O) groups excluding carboxylic acids is 1. The van der Waals surface area contributed by atoms with Gasteiger partial charge < -0.3 is 10.6 Å². The van der Waals surface area contributed by atoms with Gasteiger partial charge in [0.25, 0.3) is 0 Å². The SMILES string of the molecule is CCCNC(=O)CNc1ncc(Br)cc1Br. The van der Waals surface area contributed by atoms with Crippen molar-refractivity contribution in [2.24, 2.45) is 0 Å². The van der Waals surface area contributed by atoms with E-state index >= 15 is 0 Å². The van der Waals surface area contributed by atoms with E-state index in [-0.39, 0.29) is 12.5 Å². The van der Waals surface area contributed by atoms with Crippen molar-refractivity contribution < 1.29 is 4.79 Å². The van der Waals surface area contributed by atoms with Crippen LogP contribution in [-0.2, 0) is 4.79 Å².